The molecule has 0 unspecified atom stereocenters. The number of nitrogens with zero attached hydrogens (tertiary/aromatic N) is 2. The Morgan fingerprint density at radius 3 is 1.29 bits per heavy atom. The monoisotopic (exact) mass is 318 g/mol. The van der Waals surface area contributed by atoms with Crippen LogP contribution in [0.5, 0.6) is 0 Å². The van der Waals surface area contributed by atoms with Crippen molar-refractivity contribution in [3.63, 3.8) is 0 Å². The second-order valence-corrected chi connectivity index (χ2v) is 4.74. The van der Waals surface area contributed by atoms with Crippen molar-refractivity contribution >= 4 is 23.6 Å². The van der Waals surface area contributed by atoms with E-state index in [9.17, 15) is 19.2 Å². The third kappa shape index (κ3) is 2.67. The summed E-state index contributed by atoms with van der Waals surface area (Å²) < 4.78 is 9.84. The Bertz CT molecular complexity index is 329. The average Bonchev–Trinajstić information content (AvgIpc) is 2.77. The van der Waals surface area contributed by atoms with E-state index < -0.39 is 47.7 Å². The second-order valence-electron chi connectivity index (χ2n) is 3.43. The first-order valence-corrected chi connectivity index (χ1v) is 6.91. The normalized spacial score (nSPS) is 20.7. The average molecular weight is 319 g/mol. The Morgan fingerprint density at radius 1 is 0.706 bits per heavy atom. The zero-order valence-electron chi connectivity index (χ0n) is 8.67. The van der Waals surface area contributed by atoms with Gasteiger partial charge in [-0.15, -0.1) is 0 Å². The van der Waals surface area contributed by atoms with Crippen LogP contribution >= 0.6 is 0 Å². The van der Waals surface area contributed by atoms with Crippen LogP contribution in [0.2, 0.25) is 0 Å². The van der Waals surface area contributed by atoms with Crippen molar-refractivity contribution in [2.75, 3.05) is 0 Å². The number of hydrogen-bond acceptors (Lipinski definition) is 6. The molecule has 0 aromatic heterocycles. The molecule has 2 saturated heterocycles. The number of carbonyl (C=O) groups is 4. The molecule has 0 aliphatic carbocycles. The van der Waals surface area contributed by atoms with E-state index in [1.165, 1.54) is 0 Å². The Balaban J connectivity index is 1.79. The summed E-state index contributed by atoms with van der Waals surface area (Å²) in [7, 11) is 0. The van der Waals surface area contributed by atoms with Gasteiger partial charge in [0, 0.05) is 0 Å². The van der Waals surface area contributed by atoms with Gasteiger partial charge in [-0.2, -0.15) is 0 Å². The topological polar surface area (TPSA) is 93.2 Å². The van der Waals surface area contributed by atoms with Gasteiger partial charge in [-0.3, -0.25) is 0 Å². The molecule has 2 aliphatic rings. The summed E-state index contributed by atoms with van der Waals surface area (Å²) >= 11 is -2.09. The Labute approximate surface area is 109 Å². The van der Waals surface area contributed by atoms with Crippen LogP contribution in [0.1, 0.15) is 25.7 Å². The molecule has 2 rings (SSSR count). The van der Waals surface area contributed by atoms with E-state index in [1.807, 2.05) is 0 Å². The molecule has 2 fully saturated rings. The minimum absolute atomic E-state index is 0.125. The summed E-state index contributed by atoms with van der Waals surface area (Å²) in [6.07, 6.45) is 0.499. The maximum absolute atomic E-state index is 11.1. The number of hydroxylamine groups is 4. The molecular weight excluding hydrogens is 311 g/mol. The SMILES string of the molecule is O=C1CCC(=O)N1[O][Zr][O]N1C(=O)CCC1=O. The molecule has 9 heteroatoms. The predicted molar refractivity (Wildman–Crippen MR) is 44.3 cm³/mol. The van der Waals surface area contributed by atoms with E-state index in [-0.39, 0.29) is 25.7 Å². The summed E-state index contributed by atoms with van der Waals surface area (Å²) in [4.78, 5) is 44.6. The minimum atomic E-state index is -2.09. The van der Waals surface area contributed by atoms with E-state index in [0.29, 0.717) is 10.1 Å². The van der Waals surface area contributed by atoms with Crippen LogP contribution in [0.15, 0.2) is 0 Å². The van der Waals surface area contributed by atoms with E-state index in [0.717, 1.165) is 0 Å². The van der Waals surface area contributed by atoms with Crippen LogP contribution in [0.3, 0.4) is 0 Å². The third-order valence-corrected chi connectivity index (χ3v) is 3.53. The van der Waals surface area contributed by atoms with Crippen molar-refractivity contribution in [3.05, 3.63) is 0 Å². The van der Waals surface area contributed by atoms with Crippen molar-refractivity contribution in [1.29, 1.82) is 0 Å². The molecule has 17 heavy (non-hydrogen) atoms. The zero-order chi connectivity index (χ0) is 12.4. The molecule has 2 aliphatic heterocycles. The maximum atomic E-state index is 11.1. The van der Waals surface area contributed by atoms with Crippen molar-refractivity contribution in [3.8, 4) is 0 Å². The van der Waals surface area contributed by atoms with Gasteiger partial charge in [0.25, 0.3) is 0 Å². The van der Waals surface area contributed by atoms with E-state index in [2.05, 4.69) is 0 Å². The fraction of sp³-hybridized carbons (Fsp3) is 0.500. The number of amides is 4. The number of rotatable bonds is 4. The summed E-state index contributed by atoms with van der Waals surface area (Å²) in [6, 6.07) is 0. The van der Waals surface area contributed by atoms with Crippen LogP contribution in [0.4, 0.5) is 0 Å². The van der Waals surface area contributed by atoms with Crippen LogP contribution in [-0.4, -0.2) is 33.8 Å². The third-order valence-electron chi connectivity index (χ3n) is 2.27. The quantitative estimate of drug-likeness (QED) is 0.621. The van der Waals surface area contributed by atoms with E-state index in [4.69, 9.17) is 5.83 Å². The summed E-state index contributed by atoms with van der Waals surface area (Å²) in [6.45, 7) is 0. The molecule has 0 N–H and O–H groups in total. The van der Waals surface area contributed by atoms with Crippen molar-refractivity contribution < 1.29 is 49.1 Å². The first-order valence-electron chi connectivity index (χ1n) is 4.90. The van der Waals surface area contributed by atoms with Gasteiger partial charge in [-0.1, -0.05) is 0 Å². The van der Waals surface area contributed by atoms with Gasteiger partial charge in [0.15, 0.2) is 0 Å². The molecule has 0 bridgehead atoms. The van der Waals surface area contributed by atoms with Crippen LogP contribution in [0, 0.1) is 0 Å². The first kappa shape index (κ1) is 12.5. The molecule has 90 valence electrons. The zero-order valence-corrected chi connectivity index (χ0v) is 11.1. The summed E-state index contributed by atoms with van der Waals surface area (Å²) in [5, 5.41) is 1.33. The molecule has 0 aromatic carbocycles. The molecule has 0 radical (unpaired) electrons. The van der Waals surface area contributed by atoms with Gasteiger partial charge in [0.05, 0.1) is 0 Å². The molecule has 8 nitrogen and oxygen atoms in total. The fourth-order valence-corrected chi connectivity index (χ4v) is 2.86. The Kier molecular flexibility index (Phi) is 3.80. The van der Waals surface area contributed by atoms with Gasteiger partial charge in [0.1, 0.15) is 0 Å². The molecule has 0 atom stereocenters. The van der Waals surface area contributed by atoms with Crippen LogP contribution < -0.4 is 0 Å². The number of carbonyl (C=O) groups excluding carboxylic acids is 4. The molecule has 0 aromatic rings. The van der Waals surface area contributed by atoms with Gasteiger partial charge >= 0.3 is 109 Å². The number of imide groups is 2. The predicted octanol–water partition coefficient (Wildman–Crippen LogP) is -0.940. The van der Waals surface area contributed by atoms with E-state index >= 15 is 0 Å². The second kappa shape index (κ2) is 5.16. The summed E-state index contributed by atoms with van der Waals surface area (Å²) in [5.74, 6) is -1.67. The van der Waals surface area contributed by atoms with Crippen LogP contribution in [-0.2, 0) is 49.1 Å². The molecular formula is C8H8N2O6Zr. The molecule has 2 heterocycles. The fourth-order valence-electron chi connectivity index (χ4n) is 1.41. The van der Waals surface area contributed by atoms with E-state index in [1.54, 1.807) is 0 Å². The van der Waals surface area contributed by atoms with Gasteiger partial charge in [0.2, 0.25) is 0 Å². The van der Waals surface area contributed by atoms with Gasteiger partial charge < -0.3 is 0 Å². The number of hydrogen-bond donors (Lipinski definition) is 0. The van der Waals surface area contributed by atoms with Crippen molar-refractivity contribution in [2.24, 2.45) is 0 Å². The van der Waals surface area contributed by atoms with Crippen LogP contribution in [0.25, 0.3) is 0 Å². The summed E-state index contributed by atoms with van der Waals surface area (Å²) in [5.41, 5.74) is 0. The van der Waals surface area contributed by atoms with Crippen molar-refractivity contribution in [2.45, 2.75) is 25.7 Å². The van der Waals surface area contributed by atoms with Crippen molar-refractivity contribution in [1.82, 2.24) is 10.1 Å². The first-order chi connectivity index (χ1) is 8.09. The van der Waals surface area contributed by atoms with Gasteiger partial charge in [-0.05, 0) is 0 Å². The Hall–Kier alpha value is -0.917. The molecule has 0 saturated carbocycles. The Morgan fingerprint density at radius 2 is 1.00 bits per heavy atom. The standard InChI is InChI=1S/2C4H4NO3.Zr/c2*6-3-1-2-4(7)5(3)8;/h2*1-2H2;/q2*-1;+2. The molecule has 0 spiro atoms. The van der Waals surface area contributed by atoms with Gasteiger partial charge in [-0.25, -0.2) is 0 Å². The molecule has 4 amide bonds.